The first kappa shape index (κ1) is 21.0. The summed E-state index contributed by atoms with van der Waals surface area (Å²) in [5.41, 5.74) is 1.93. The first-order chi connectivity index (χ1) is 14.3. The Kier molecular flexibility index (Phi) is 6.41. The summed E-state index contributed by atoms with van der Waals surface area (Å²) < 4.78 is 10.7. The van der Waals surface area contributed by atoms with Crippen molar-refractivity contribution in [3.63, 3.8) is 0 Å². The number of carbonyl (C=O) groups is 2. The third kappa shape index (κ3) is 5.64. The Balaban J connectivity index is 1.58. The van der Waals surface area contributed by atoms with Crippen LogP contribution in [0.1, 0.15) is 36.7 Å². The molecule has 0 radical (unpaired) electrons. The molecule has 7 nitrogen and oxygen atoms in total. The second kappa shape index (κ2) is 9.17. The lowest BCUT2D eigenvalue weighted by Crippen LogP contribution is -2.21. The van der Waals surface area contributed by atoms with Crippen LogP contribution >= 0.6 is 0 Å². The lowest BCUT2D eigenvalue weighted by molar-refractivity contribution is -0.119. The van der Waals surface area contributed by atoms with Crippen LogP contribution in [0.15, 0.2) is 67.1 Å². The lowest BCUT2D eigenvalue weighted by Gasteiger charge is -2.19. The number of esters is 1. The van der Waals surface area contributed by atoms with E-state index < -0.39 is 18.5 Å². The van der Waals surface area contributed by atoms with E-state index in [4.69, 9.17) is 9.47 Å². The van der Waals surface area contributed by atoms with E-state index in [1.807, 2.05) is 24.3 Å². The molecule has 3 aromatic rings. The van der Waals surface area contributed by atoms with E-state index in [2.05, 4.69) is 36.1 Å². The van der Waals surface area contributed by atoms with Crippen molar-refractivity contribution >= 4 is 17.6 Å². The molecule has 0 saturated carbocycles. The first-order valence-electron chi connectivity index (χ1n) is 9.43. The van der Waals surface area contributed by atoms with Crippen molar-refractivity contribution in [3.05, 3.63) is 78.2 Å². The van der Waals surface area contributed by atoms with E-state index >= 15 is 0 Å². The molecule has 1 N–H and O–H groups in total. The van der Waals surface area contributed by atoms with E-state index in [0.717, 1.165) is 5.56 Å². The minimum atomic E-state index is -0.708. The SMILES string of the molecule is CC(C)(C)c1ccc(NC(=O)COC(=O)c2cccnc2Oc2cccnc2)cc1. The van der Waals surface area contributed by atoms with Crippen LogP contribution in [0.25, 0.3) is 0 Å². The van der Waals surface area contributed by atoms with Crippen molar-refractivity contribution in [3.8, 4) is 11.6 Å². The van der Waals surface area contributed by atoms with E-state index in [1.165, 1.54) is 18.5 Å². The topological polar surface area (TPSA) is 90.4 Å². The number of aromatic nitrogens is 2. The Morgan fingerprint density at radius 3 is 2.40 bits per heavy atom. The van der Waals surface area contributed by atoms with Gasteiger partial charge >= 0.3 is 5.97 Å². The van der Waals surface area contributed by atoms with E-state index in [-0.39, 0.29) is 16.9 Å². The Morgan fingerprint density at radius 2 is 1.73 bits per heavy atom. The Labute approximate surface area is 175 Å². The van der Waals surface area contributed by atoms with Gasteiger partial charge in [-0.3, -0.25) is 9.78 Å². The molecule has 0 saturated heterocycles. The van der Waals surface area contributed by atoms with E-state index in [0.29, 0.717) is 11.4 Å². The van der Waals surface area contributed by atoms with E-state index in [1.54, 1.807) is 24.4 Å². The number of hydrogen-bond donors (Lipinski definition) is 1. The molecule has 1 aromatic carbocycles. The van der Waals surface area contributed by atoms with Gasteiger partial charge < -0.3 is 14.8 Å². The summed E-state index contributed by atoms with van der Waals surface area (Å²) in [7, 11) is 0. The van der Waals surface area contributed by atoms with Gasteiger partial charge in [0.05, 0.1) is 6.20 Å². The molecule has 3 rings (SSSR count). The highest BCUT2D eigenvalue weighted by Crippen LogP contribution is 2.24. The van der Waals surface area contributed by atoms with Gasteiger partial charge in [0.25, 0.3) is 5.91 Å². The fraction of sp³-hybridized carbons (Fsp3) is 0.217. The predicted molar refractivity (Wildman–Crippen MR) is 113 cm³/mol. The molecule has 0 atom stereocenters. The Hall–Kier alpha value is -3.74. The van der Waals surface area contributed by atoms with Crippen LogP contribution in [0, 0.1) is 0 Å². The largest absolute Gasteiger partial charge is 0.452 e. The standard InChI is InChI=1S/C23H23N3O4/c1-23(2,3)16-8-10-17(11-9-16)26-20(27)15-29-22(28)19-7-5-13-25-21(19)30-18-6-4-12-24-14-18/h4-14H,15H2,1-3H3,(H,26,27). The average molecular weight is 405 g/mol. The monoisotopic (exact) mass is 405 g/mol. The van der Waals surface area contributed by atoms with Gasteiger partial charge in [-0.15, -0.1) is 0 Å². The van der Waals surface area contributed by atoms with Crippen molar-refractivity contribution in [1.29, 1.82) is 0 Å². The second-order valence-electron chi connectivity index (χ2n) is 7.60. The molecule has 0 bridgehead atoms. The van der Waals surface area contributed by atoms with Gasteiger partial charge in [-0.1, -0.05) is 32.9 Å². The molecule has 30 heavy (non-hydrogen) atoms. The van der Waals surface area contributed by atoms with Crippen LogP contribution in [-0.4, -0.2) is 28.5 Å². The highest BCUT2D eigenvalue weighted by molar-refractivity contribution is 5.96. The predicted octanol–water partition coefficient (Wildman–Crippen LogP) is 4.36. The zero-order chi connectivity index (χ0) is 21.6. The number of nitrogens with one attached hydrogen (secondary N) is 1. The maximum Gasteiger partial charge on any atom is 0.344 e. The van der Waals surface area contributed by atoms with Crippen LogP contribution in [0.5, 0.6) is 11.6 Å². The highest BCUT2D eigenvalue weighted by Gasteiger charge is 2.18. The number of nitrogens with zero attached hydrogens (tertiary/aromatic N) is 2. The summed E-state index contributed by atoms with van der Waals surface area (Å²) in [5.74, 6) is -0.638. The summed E-state index contributed by atoms with van der Waals surface area (Å²) in [6, 6.07) is 14.1. The average Bonchev–Trinajstić information content (AvgIpc) is 2.73. The zero-order valence-electron chi connectivity index (χ0n) is 17.1. The number of ether oxygens (including phenoxy) is 2. The van der Waals surface area contributed by atoms with Crippen LogP contribution in [0.4, 0.5) is 5.69 Å². The van der Waals surface area contributed by atoms with Crippen LogP contribution in [-0.2, 0) is 14.9 Å². The molecule has 2 aromatic heterocycles. The molecule has 0 aliphatic heterocycles. The van der Waals surface area contributed by atoms with Gasteiger partial charge in [-0.25, -0.2) is 9.78 Å². The number of anilines is 1. The fourth-order valence-corrected chi connectivity index (χ4v) is 2.61. The van der Waals surface area contributed by atoms with Gasteiger partial charge in [0.15, 0.2) is 6.61 Å². The summed E-state index contributed by atoms with van der Waals surface area (Å²) in [6.45, 7) is 5.92. The van der Waals surface area contributed by atoms with Crippen molar-refractivity contribution in [2.75, 3.05) is 11.9 Å². The minimum absolute atomic E-state index is 0.0252. The lowest BCUT2D eigenvalue weighted by atomic mass is 9.87. The molecule has 7 heteroatoms. The Bertz CT molecular complexity index is 1010. The zero-order valence-corrected chi connectivity index (χ0v) is 17.1. The van der Waals surface area contributed by atoms with Gasteiger partial charge in [-0.2, -0.15) is 0 Å². The molecule has 0 fully saturated rings. The molecule has 2 heterocycles. The van der Waals surface area contributed by atoms with Crippen molar-refractivity contribution in [2.24, 2.45) is 0 Å². The summed E-state index contributed by atoms with van der Waals surface area (Å²) in [5, 5.41) is 2.71. The number of amides is 1. The third-order valence-electron chi connectivity index (χ3n) is 4.21. The Morgan fingerprint density at radius 1 is 1.00 bits per heavy atom. The molecule has 0 aliphatic carbocycles. The maximum atomic E-state index is 12.4. The smallest absolute Gasteiger partial charge is 0.344 e. The maximum absolute atomic E-state index is 12.4. The molecule has 0 aliphatic rings. The van der Waals surface area contributed by atoms with Crippen LogP contribution in [0.2, 0.25) is 0 Å². The van der Waals surface area contributed by atoms with Crippen molar-refractivity contribution in [2.45, 2.75) is 26.2 Å². The van der Waals surface area contributed by atoms with Gasteiger partial charge in [0, 0.05) is 18.1 Å². The molecule has 154 valence electrons. The number of carbonyl (C=O) groups excluding carboxylic acids is 2. The van der Waals surface area contributed by atoms with Gasteiger partial charge in [0.2, 0.25) is 5.88 Å². The summed E-state index contributed by atoms with van der Waals surface area (Å²) >= 11 is 0. The molecular weight excluding hydrogens is 382 g/mol. The molecule has 0 unspecified atom stereocenters. The normalized spacial score (nSPS) is 10.9. The molecule has 0 spiro atoms. The van der Waals surface area contributed by atoms with Gasteiger partial charge in [0.1, 0.15) is 11.3 Å². The third-order valence-corrected chi connectivity index (χ3v) is 4.21. The van der Waals surface area contributed by atoms with Crippen LogP contribution in [0.3, 0.4) is 0 Å². The quantitative estimate of drug-likeness (QED) is 0.613. The van der Waals surface area contributed by atoms with Crippen LogP contribution < -0.4 is 10.1 Å². The van der Waals surface area contributed by atoms with Crippen molar-refractivity contribution in [1.82, 2.24) is 9.97 Å². The van der Waals surface area contributed by atoms with Crippen molar-refractivity contribution < 1.29 is 19.1 Å². The summed E-state index contributed by atoms with van der Waals surface area (Å²) in [6.07, 6.45) is 4.61. The summed E-state index contributed by atoms with van der Waals surface area (Å²) in [4.78, 5) is 32.6. The number of pyridine rings is 2. The first-order valence-corrected chi connectivity index (χ1v) is 9.43. The number of benzene rings is 1. The minimum Gasteiger partial charge on any atom is -0.452 e. The highest BCUT2D eigenvalue weighted by atomic mass is 16.5. The number of rotatable bonds is 6. The van der Waals surface area contributed by atoms with E-state index in [9.17, 15) is 9.59 Å². The second-order valence-corrected chi connectivity index (χ2v) is 7.60. The molecule has 1 amide bonds. The number of hydrogen-bond acceptors (Lipinski definition) is 6. The fourth-order valence-electron chi connectivity index (χ4n) is 2.61. The molecular formula is C23H23N3O4. The van der Waals surface area contributed by atoms with Gasteiger partial charge in [-0.05, 0) is 47.4 Å².